The molecule has 0 aliphatic carbocycles. The van der Waals surface area contributed by atoms with E-state index in [1.807, 2.05) is 26.0 Å². The monoisotopic (exact) mass is 318 g/mol. The molecule has 0 fully saturated rings. The van der Waals surface area contributed by atoms with Gasteiger partial charge in [-0.25, -0.2) is 0 Å². The molecule has 0 heterocycles. The van der Waals surface area contributed by atoms with Crippen molar-refractivity contribution in [1.82, 2.24) is 0 Å². The highest BCUT2D eigenvalue weighted by Gasteiger charge is 2.11. The average molecular weight is 319 g/mol. The van der Waals surface area contributed by atoms with Gasteiger partial charge < -0.3 is 11.1 Å². The Morgan fingerprint density at radius 1 is 1.11 bits per heavy atom. The fraction of sp³-hybridized carbons (Fsp3) is 0.133. The molecule has 2 rings (SSSR count). The molecule has 4 heteroatoms. The first kappa shape index (κ1) is 13.6. The summed E-state index contributed by atoms with van der Waals surface area (Å²) in [6, 6.07) is 11.1. The average Bonchev–Trinajstić information content (AvgIpc) is 2.30. The number of hydrogen-bond donors (Lipinski definition) is 2. The van der Waals surface area contributed by atoms with Crippen LogP contribution in [0.5, 0.6) is 0 Å². The van der Waals surface area contributed by atoms with E-state index in [0.29, 0.717) is 11.3 Å². The molecule has 0 saturated carbocycles. The first-order chi connectivity index (χ1) is 8.95. The highest BCUT2D eigenvalue weighted by Crippen LogP contribution is 2.21. The molecule has 3 nitrogen and oxygen atoms in total. The van der Waals surface area contributed by atoms with Crippen molar-refractivity contribution in [2.75, 3.05) is 11.1 Å². The SMILES string of the molecule is Cc1cc(C)cc(NC(=O)c2cc(N)ccc2Br)c1. The molecule has 0 aromatic heterocycles. The van der Waals surface area contributed by atoms with Crippen molar-refractivity contribution in [3.05, 3.63) is 57.6 Å². The van der Waals surface area contributed by atoms with Crippen molar-refractivity contribution >= 4 is 33.2 Å². The van der Waals surface area contributed by atoms with E-state index in [0.717, 1.165) is 21.3 Å². The zero-order chi connectivity index (χ0) is 14.0. The van der Waals surface area contributed by atoms with E-state index in [1.54, 1.807) is 18.2 Å². The molecule has 3 N–H and O–H groups in total. The van der Waals surface area contributed by atoms with Gasteiger partial charge in [-0.05, 0) is 71.2 Å². The molecular formula is C15H15BrN2O. The van der Waals surface area contributed by atoms with Gasteiger partial charge in [0.2, 0.25) is 0 Å². The lowest BCUT2D eigenvalue weighted by Crippen LogP contribution is -2.13. The lowest BCUT2D eigenvalue weighted by molar-refractivity contribution is 0.102. The van der Waals surface area contributed by atoms with Crippen LogP contribution in [0.3, 0.4) is 0 Å². The Bertz CT molecular complexity index is 618. The van der Waals surface area contributed by atoms with Crippen molar-refractivity contribution < 1.29 is 4.79 Å². The van der Waals surface area contributed by atoms with Crippen LogP contribution < -0.4 is 11.1 Å². The van der Waals surface area contributed by atoms with Crippen LogP contribution in [0.1, 0.15) is 21.5 Å². The molecule has 0 unspecified atom stereocenters. The number of nitrogens with one attached hydrogen (secondary N) is 1. The van der Waals surface area contributed by atoms with Crippen LogP contribution in [0.2, 0.25) is 0 Å². The van der Waals surface area contributed by atoms with E-state index in [-0.39, 0.29) is 5.91 Å². The second-order valence-electron chi connectivity index (χ2n) is 4.57. The van der Waals surface area contributed by atoms with Crippen LogP contribution in [0.25, 0.3) is 0 Å². The summed E-state index contributed by atoms with van der Waals surface area (Å²) in [6.07, 6.45) is 0. The van der Waals surface area contributed by atoms with Crippen LogP contribution in [0.4, 0.5) is 11.4 Å². The number of benzene rings is 2. The van der Waals surface area contributed by atoms with Crippen LogP contribution in [0, 0.1) is 13.8 Å². The summed E-state index contributed by atoms with van der Waals surface area (Å²) < 4.78 is 0.726. The zero-order valence-electron chi connectivity index (χ0n) is 10.8. The topological polar surface area (TPSA) is 55.1 Å². The molecule has 0 bridgehead atoms. The highest BCUT2D eigenvalue weighted by atomic mass is 79.9. The molecular weight excluding hydrogens is 304 g/mol. The third-order valence-corrected chi connectivity index (χ3v) is 3.41. The van der Waals surface area contributed by atoms with Gasteiger partial charge in [-0.3, -0.25) is 4.79 Å². The first-order valence-electron chi connectivity index (χ1n) is 5.90. The summed E-state index contributed by atoms with van der Waals surface area (Å²) in [5, 5.41) is 2.88. The van der Waals surface area contributed by atoms with Gasteiger partial charge in [-0.15, -0.1) is 0 Å². The predicted molar refractivity (Wildman–Crippen MR) is 82.4 cm³/mol. The molecule has 0 spiro atoms. The summed E-state index contributed by atoms with van der Waals surface area (Å²) in [7, 11) is 0. The van der Waals surface area contributed by atoms with E-state index in [4.69, 9.17) is 5.73 Å². The molecule has 0 saturated heterocycles. The van der Waals surface area contributed by atoms with Crippen LogP contribution in [0.15, 0.2) is 40.9 Å². The van der Waals surface area contributed by atoms with Gasteiger partial charge in [0.05, 0.1) is 5.56 Å². The van der Waals surface area contributed by atoms with Gasteiger partial charge in [0.1, 0.15) is 0 Å². The number of aryl methyl sites for hydroxylation is 2. The smallest absolute Gasteiger partial charge is 0.256 e. The molecule has 0 radical (unpaired) electrons. The first-order valence-corrected chi connectivity index (χ1v) is 6.69. The number of carbonyl (C=O) groups is 1. The van der Waals surface area contributed by atoms with Crippen LogP contribution in [-0.4, -0.2) is 5.91 Å². The van der Waals surface area contributed by atoms with Gasteiger partial charge in [0.15, 0.2) is 0 Å². The Labute approximate surface area is 121 Å². The molecule has 2 aromatic rings. The van der Waals surface area contributed by atoms with Gasteiger partial charge in [0, 0.05) is 15.8 Å². The van der Waals surface area contributed by atoms with Crippen LogP contribution >= 0.6 is 15.9 Å². The minimum Gasteiger partial charge on any atom is -0.399 e. The minimum atomic E-state index is -0.177. The number of nitrogen functional groups attached to an aromatic ring is 1. The third-order valence-electron chi connectivity index (χ3n) is 2.71. The summed E-state index contributed by atoms with van der Waals surface area (Å²) >= 11 is 3.36. The van der Waals surface area contributed by atoms with E-state index in [2.05, 4.69) is 27.3 Å². The standard InChI is InChI=1S/C15H15BrN2O/c1-9-5-10(2)7-12(6-9)18-15(19)13-8-11(17)3-4-14(13)16/h3-8H,17H2,1-2H3,(H,18,19). The molecule has 98 valence electrons. The Morgan fingerprint density at radius 2 is 1.74 bits per heavy atom. The fourth-order valence-corrected chi connectivity index (χ4v) is 2.39. The molecule has 0 atom stereocenters. The number of amides is 1. The van der Waals surface area contributed by atoms with Gasteiger partial charge in [-0.1, -0.05) is 6.07 Å². The van der Waals surface area contributed by atoms with Crippen molar-refractivity contribution in [3.8, 4) is 0 Å². The van der Waals surface area contributed by atoms with Gasteiger partial charge in [0.25, 0.3) is 5.91 Å². The molecule has 19 heavy (non-hydrogen) atoms. The number of nitrogens with two attached hydrogens (primary N) is 1. The maximum absolute atomic E-state index is 12.2. The van der Waals surface area contributed by atoms with Gasteiger partial charge in [-0.2, -0.15) is 0 Å². The molecule has 0 aliphatic heterocycles. The minimum absolute atomic E-state index is 0.177. The van der Waals surface area contributed by atoms with Crippen molar-refractivity contribution in [3.63, 3.8) is 0 Å². The summed E-state index contributed by atoms with van der Waals surface area (Å²) in [6.45, 7) is 4.00. The van der Waals surface area contributed by atoms with Crippen molar-refractivity contribution in [2.24, 2.45) is 0 Å². The number of rotatable bonds is 2. The van der Waals surface area contributed by atoms with E-state index < -0.39 is 0 Å². The summed E-state index contributed by atoms with van der Waals surface area (Å²) in [5.41, 5.74) is 9.81. The van der Waals surface area contributed by atoms with E-state index in [9.17, 15) is 4.79 Å². The molecule has 2 aromatic carbocycles. The summed E-state index contributed by atoms with van der Waals surface area (Å²) in [5.74, 6) is -0.177. The zero-order valence-corrected chi connectivity index (χ0v) is 12.4. The van der Waals surface area contributed by atoms with Crippen molar-refractivity contribution in [2.45, 2.75) is 13.8 Å². The van der Waals surface area contributed by atoms with E-state index in [1.165, 1.54) is 0 Å². The Hall–Kier alpha value is -1.81. The highest BCUT2D eigenvalue weighted by molar-refractivity contribution is 9.10. The third kappa shape index (κ3) is 3.35. The fourth-order valence-electron chi connectivity index (χ4n) is 1.96. The number of hydrogen-bond acceptors (Lipinski definition) is 2. The second kappa shape index (κ2) is 5.45. The maximum atomic E-state index is 12.2. The molecule has 1 amide bonds. The molecule has 0 aliphatic rings. The quantitative estimate of drug-likeness (QED) is 0.825. The van der Waals surface area contributed by atoms with Crippen molar-refractivity contribution in [1.29, 1.82) is 0 Å². The number of anilines is 2. The van der Waals surface area contributed by atoms with Gasteiger partial charge >= 0.3 is 0 Å². The normalized spacial score (nSPS) is 10.3. The maximum Gasteiger partial charge on any atom is 0.256 e. The van der Waals surface area contributed by atoms with Crippen LogP contribution in [-0.2, 0) is 0 Å². The lowest BCUT2D eigenvalue weighted by Gasteiger charge is -2.09. The Kier molecular flexibility index (Phi) is 3.90. The Balaban J connectivity index is 2.28. The van der Waals surface area contributed by atoms with E-state index >= 15 is 0 Å². The second-order valence-corrected chi connectivity index (χ2v) is 5.42. The number of carbonyl (C=O) groups excluding carboxylic acids is 1. The summed E-state index contributed by atoms with van der Waals surface area (Å²) in [4.78, 5) is 12.2. The lowest BCUT2D eigenvalue weighted by atomic mass is 10.1. The number of halogens is 1. The predicted octanol–water partition coefficient (Wildman–Crippen LogP) is 3.90. The largest absolute Gasteiger partial charge is 0.399 e. The Morgan fingerprint density at radius 3 is 2.37 bits per heavy atom.